The van der Waals surface area contributed by atoms with E-state index in [0.29, 0.717) is 0 Å². The molecule has 1 aromatic rings. The summed E-state index contributed by atoms with van der Waals surface area (Å²) in [6.07, 6.45) is -0.134. The van der Waals surface area contributed by atoms with E-state index >= 15 is 0 Å². The second-order valence-electron chi connectivity index (χ2n) is 4.89. The third-order valence-electron chi connectivity index (χ3n) is 3.31. The van der Waals surface area contributed by atoms with Crippen molar-refractivity contribution in [1.29, 1.82) is 0 Å². The quantitative estimate of drug-likeness (QED) is 0.729. The number of hydrogen-bond acceptors (Lipinski definition) is 6. The third-order valence-corrected chi connectivity index (χ3v) is 3.31. The molecule has 22 heavy (non-hydrogen) atoms. The summed E-state index contributed by atoms with van der Waals surface area (Å²) in [6.45, 7) is 0.289. The lowest BCUT2D eigenvalue weighted by molar-refractivity contribution is -0.150. The largest absolute Gasteiger partial charge is 0.469 e. The number of carbonyl (C=O) groups excluding carboxylic acids is 3. The highest BCUT2D eigenvalue weighted by Crippen LogP contribution is 2.06. The molecule has 7 heteroatoms. The summed E-state index contributed by atoms with van der Waals surface area (Å²) in [4.78, 5) is 34.9. The number of carbonyl (C=O) groups is 3. The SMILES string of the molecule is COC(=O)C[C@@H]1N[C@H](C(=O)OCc2ccccc2)CNC1=O. The smallest absolute Gasteiger partial charge is 0.325 e. The van der Waals surface area contributed by atoms with Crippen LogP contribution in [0.15, 0.2) is 30.3 Å². The van der Waals surface area contributed by atoms with Gasteiger partial charge in [-0.15, -0.1) is 0 Å². The molecular formula is C15H18N2O5. The lowest BCUT2D eigenvalue weighted by Gasteiger charge is -2.28. The molecule has 0 saturated carbocycles. The highest BCUT2D eigenvalue weighted by molar-refractivity contribution is 5.89. The lowest BCUT2D eigenvalue weighted by Crippen LogP contribution is -2.61. The fourth-order valence-electron chi connectivity index (χ4n) is 2.09. The van der Waals surface area contributed by atoms with Gasteiger partial charge in [-0.05, 0) is 5.56 Å². The number of esters is 2. The molecule has 0 aromatic heterocycles. The van der Waals surface area contributed by atoms with Gasteiger partial charge >= 0.3 is 11.9 Å². The number of ether oxygens (including phenoxy) is 2. The number of methoxy groups -OCH3 is 1. The lowest BCUT2D eigenvalue weighted by atomic mass is 10.1. The zero-order chi connectivity index (χ0) is 15.9. The maximum atomic E-state index is 12.0. The van der Waals surface area contributed by atoms with Gasteiger partial charge in [0.05, 0.1) is 19.6 Å². The second-order valence-corrected chi connectivity index (χ2v) is 4.89. The van der Waals surface area contributed by atoms with Crippen molar-refractivity contribution in [3.05, 3.63) is 35.9 Å². The maximum Gasteiger partial charge on any atom is 0.325 e. The number of nitrogens with one attached hydrogen (secondary N) is 2. The first kappa shape index (κ1) is 16.0. The molecule has 1 saturated heterocycles. The van der Waals surface area contributed by atoms with E-state index in [1.165, 1.54) is 7.11 Å². The summed E-state index contributed by atoms with van der Waals surface area (Å²) in [5.41, 5.74) is 0.877. The van der Waals surface area contributed by atoms with Crippen molar-refractivity contribution in [2.45, 2.75) is 25.1 Å². The van der Waals surface area contributed by atoms with Crippen molar-refractivity contribution in [3.8, 4) is 0 Å². The molecule has 2 N–H and O–H groups in total. The Morgan fingerprint density at radius 2 is 2.00 bits per heavy atom. The van der Waals surface area contributed by atoms with Crippen LogP contribution in [0.1, 0.15) is 12.0 Å². The van der Waals surface area contributed by atoms with Crippen molar-refractivity contribution in [3.63, 3.8) is 0 Å². The molecule has 1 heterocycles. The summed E-state index contributed by atoms with van der Waals surface area (Å²) in [6, 6.07) is 7.81. The van der Waals surface area contributed by atoms with Crippen LogP contribution in [0, 0.1) is 0 Å². The second kappa shape index (κ2) is 7.56. The molecule has 0 aliphatic carbocycles. The molecule has 0 radical (unpaired) electrons. The van der Waals surface area contributed by atoms with Crippen LogP contribution in [0.2, 0.25) is 0 Å². The topological polar surface area (TPSA) is 93.7 Å². The van der Waals surface area contributed by atoms with E-state index in [0.717, 1.165) is 5.56 Å². The summed E-state index contributed by atoms with van der Waals surface area (Å²) in [7, 11) is 1.24. The molecule has 0 bridgehead atoms. The van der Waals surface area contributed by atoms with Crippen LogP contribution < -0.4 is 10.6 Å². The molecule has 0 unspecified atom stereocenters. The van der Waals surface area contributed by atoms with Gasteiger partial charge < -0.3 is 14.8 Å². The van der Waals surface area contributed by atoms with E-state index in [4.69, 9.17) is 4.74 Å². The Bertz CT molecular complexity index is 546. The Kier molecular flexibility index (Phi) is 5.48. The first-order valence-electron chi connectivity index (χ1n) is 6.91. The number of hydrogen-bond donors (Lipinski definition) is 2. The maximum absolute atomic E-state index is 12.0. The molecule has 118 valence electrons. The summed E-state index contributed by atoms with van der Waals surface area (Å²) in [5.74, 6) is -1.33. The Morgan fingerprint density at radius 3 is 2.68 bits per heavy atom. The van der Waals surface area contributed by atoms with Crippen molar-refractivity contribution < 1.29 is 23.9 Å². The molecule has 2 rings (SSSR count). The van der Waals surface area contributed by atoms with Crippen LogP contribution >= 0.6 is 0 Å². The van der Waals surface area contributed by atoms with Gasteiger partial charge in [0, 0.05) is 6.54 Å². The van der Waals surface area contributed by atoms with Crippen LogP contribution in [0.25, 0.3) is 0 Å². The zero-order valence-corrected chi connectivity index (χ0v) is 12.2. The van der Waals surface area contributed by atoms with Gasteiger partial charge in [-0.1, -0.05) is 30.3 Å². The average Bonchev–Trinajstić information content (AvgIpc) is 2.55. The van der Waals surface area contributed by atoms with E-state index in [1.807, 2.05) is 30.3 Å². The van der Waals surface area contributed by atoms with E-state index in [9.17, 15) is 14.4 Å². The van der Waals surface area contributed by atoms with Crippen LogP contribution in [-0.2, 0) is 30.5 Å². The van der Waals surface area contributed by atoms with E-state index in [2.05, 4.69) is 15.4 Å². The Morgan fingerprint density at radius 1 is 1.27 bits per heavy atom. The molecule has 0 spiro atoms. The minimum absolute atomic E-state index is 0.129. The third kappa shape index (κ3) is 4.29. The predicted molar refractivity (Wildman–Crippen MR) is 76.6 cm³/mol. The highest BCUT2D eigenvalue weighted by Gasteiger charge is 2.34. The fourth-order valence-corrected chi connectivity index (χ4v) is 2.09. The molecule has 1 aliphatic heterocycles. The molecule has 2 atom stereocenters. The Labute approximate surface area is 128 Å². The standard InChI is InChI=1S/C15H18N2O5/c1-21-13(18)7-11-14(19)16-8-12(17-11)15(20)22-9-10-5-3-2-4-6-10/h2-6,11-12,17H,7-9H2,1H3,(H,16,19)/t11-,12-/m0/s1. The van der Waals surface area contributed by atoms with Crippen molar-refractivity contribution in [1.82, 2.24) is 10.6 Å². The van der Waals surface area contributed by atoms with Crippen molar-refractivity contribution >= 4 is 17.8 Å². The van der Waals surface area contributed by atoms with Crippen LogP contribution in [0.5, 0.6) is 0 Å². The first-order chi connectivity index (χ1) is 10.6. The predicted octanol–water partition coefficient (Wildman–Crippen LogP) is -0.250. The zero-order valence-electron chi connectivity index (χ0n) is 12.2. The number of rotatable bonds is 5. The van der Waals surface area contributed by atoms with Crippen LogP contribution in [-0.4, -0.2) is 43.6 Å². The van der Waals surface area contributed by atoms with E-state index < -0.39 is 24.0 Å². The molecule has 1 aromatic carbocycles. The van der Waals surface area contributed by atoms with Crippen molar-refractivity contribution in [2.75, 3.05) is 13.7 Å². The highest BCUT2D eigenvalue weighted by atomic mass is 16.5. The van der Waals surface area contributed by atoms with Gasteiger partial charge in [0.2, 0.25) is 5.91 Å². The van der Waals surface area contributed by atoms with E-state index in [-0.39, 0.29) is 25.5 Å². The normalized spacial score (nSPS) is 20.9. The fraction of sp³-hybridized carbons (Fsp3) is 0.400. The van der Waals surface area contributed by atoms with E-state index in [1.54, 1.807) is 0 Å². The van der Waals surface area contributed by atoms with Gasteiger partial charge in [0.1, 0.15) is 12.6 Å². The Balaban J connectivity index is 1.87. The first-order valence-corrected chi connectivity index (χ1v) is 6.91. The van der Waals surface area contributed by atoms with Crippen LogP contribution in [0.4, 0.5) is 0 Å². The minimum atomic E-state index is -0.796. The Hall–Kier alpha value is -2.41. The van der Waals surface area contributed by atoms with Gasteiger partial charge in [-0.2, -0.15) is 0 Å². The number of piperazine rings is 1. The average molecular weight is 306 g/mol. The summed E-state index contributed by atoms with van der Waals surface area (Å²) < 4.78 is 9.74. The summed E-state index contributed by atoms with van der Waals surface area (Å²) >= 11 is 0. The molecular weight excluding hydrogens is 288 g/mol. The van der Waals surface area contributed by atoms with Gasteiger partial charge in [0.15, 0.2) is 0 Å². The van der Waals surface area contributed by atoms with Gasteiger partial charge in [-0.25, -0.2) is 0 Å². The monoisotopic (exact) mass is 306 g/mol. The summed E-state index contributed by atoms with van der Waals surface area (Å²) in [5, 5.41) is 5.40. The van der Waals surface area contributed by atoms with Crippen LogP contribution in [0.3, 0.4) is 0 Å². The minimum Gasteiger partial charge on any atom is -0.469 e. The number of amides is 1. The van der Waals surface area contributed by atoms with Gasteiger partial charge in [0.25, 0.3) is 0 Å². The molecule has 7 nitrogen and oxygen atoms in total. The molecule has 1 fully saturated rings. The molecule has 1 amide bonds. The van der Waals surface area contributed by atoms with Crippen molar-refractivity contribution in [2.24, 2.45) is 0 Å². The van der Waals surface area contributed by atoms with Gasteiger partial charge in [-0.3, -0.25) is 19.7 Å². The molecule has 1 aliphatic rings. The number of benzene rings is 1.